The second-order valence-corrected chi connectivity index (χ2v) is 5.25. The van der Waals surface area contributed by atoms with Gasteiger partial charge in [0.15, 0.2) is 0 Å². The molecule has 3 rings (SSSR count). The molecule has 1 aromatic carbocycles. The van der Waals surface area contributed by atoms with Crippen LogP contribution in [0, 0.1) is 0 Å². The summed E-state index contributed by atoms with van der Waals surface area (Å²) < 4.78 is 2.46. The third-order valence-electron chi connectivity index (χ3n) is 2.91. The molecule has 5 nitrogen and oxygen atoms in total. The lowest BCUT2D eigenvalue weighted by Gasteiger charge is -1.99. The molecule has 2 heterocycles. The lowest BCUT2D eigenvalue weighted by Crippen LogP contribution is -1.99. The standard InChI is InChI=1S/C13H10N2O3S/c1-15-12(9(6-14-15)13(17)18)11-4-7-2-3-8(16)5-10(7)19-11/h2-6,16H,1H3,(H,17,18). The highest BCUT2D eigenvalue weighted by molar-refractivity contribution is 7.22. The Morgan fingerprint density at radius 3 is 2.89 bits per heavy atom. The first-order chi connectivity index (χ1) is 9.06. The fourth-order valence-electron chi connectivity index (χ4n) is 2.02. The minimum Gasteiger partial charge on any atom is -0.508 e. The number of carboxylic acids is 1. The summed E-state index contributed by atoms with van der Waals surface area (Å²) in [5.74, 6) is -0.798. The minimum absolute atomic E-state index is 0.179. The number of phenolic OH excluding ortho intramolecular Hbond substituents is 1. The number of aromatic nitrogens is 2. The number of rotatable bonds is 2. The molecule has 0 radical (unpaired) electrons. The molecule has 3 aromatic rings. The molecule has 6 heteroatoms. The van der Waals surface area contributed by atoms with Crippen molar-refractivity contribution in [3.63, 3.8) is 0 Å². The van der Waals surface area contributed by atoms with Gasteiger partial charge in [-0.05, 0) is 29.7 Å². The van der Waals surface area contributed by atoms with Crippen molar-refractivity contribution < 1.29 is 15.0 Å². The predicted molar refractivity (Wildman–Crippen MR) is 72.7 cm³/mol. The van der Waals surface area contributed by atoms with Gasteiger partial charge in [-0.15, -0.1) is 11.3 Å². The summed E-state index contributed by atoms with van der Waals surface area (Å²) in [4.78, 5) is 12.0. The Balaban J connectivity index is 2.24. The van der Waals surface area contributed by atoms with Crippen LogP contribution >= 0.6 is 11.3 Å². The summed E-state index contributed by atoms with van der Waals surface area (Å²) >= 11 is 1.43. The van der Waals surface area contributed by atoms with E-state index in [-0.39, 0.29) is 11.3 Å². The van der Waals surface area contributed by atoms with E-state index in [1.807, 2.05) is 12.1 Å². The predicted octanol–water partition coefficient (Wildman–Crippen LogP) is 2.71. The first-order valence-electron chi connectivity index (χ1n) is 5.54. The Bertz CT molecular complexity index is 788. The van der Waals surface area contributed by atoms with E-state index in [0.717, 1.165) is 15.0 Å². The molecule has 0 aliphatic heterocycles. The maximum atomic E-state index is 11.2. The summed E-state index contributed by atoms with van der Waals surface area (Å²) in [6.07, 6.45) is 1.35. The van der Waals surface area contributed by atoms with Gasteiger partial charge in [-0.3, -0.25) is 4.68 Å². The Labute approximate surface area is 112 Å². The maximum Gasteiger partial charge on any atom is 0.339 e. The number of benzene rings is 1. The normalized spacial score (nSPS) is 11.0. The molecule has 0 saturated carbocycles. The smallest absolute Gasteiger partial charge is 0.339 e. The number of thiophene rings is 1. The van der Waals surface area contributed by atoms with Crippen LogP contribution in [0.4, 0.5) is 0 Å². The number of nitrogens with zero attached hydrogens (tertiary/aromatic N) is 2. The second kappa shape index (κ2) is 4.10. The molecule has 0 fully saturated rings. The SMILES string of the molecule is Cn1ncc(C(=O)O)c1-c1cc2ccc(O)cc2s1. The zero-order valence-electron chi connectivity index (χ0n) is 9.99. The van der Waals surface area contributed by atoms with Gasteiger partial charge in [-0.25, -0.2) is 4.79 Å². The number of phenols is 1. The van der Waals surface area contributed by atoms with E-state index in [0.29, 0.717) is 5.69 Å². The highest BCUT2D eigenvalue weighted by Gasteiger charge is 2.18. The molecule has 2 aromatic heterocycles. The van der Waals surface area contributed by atoms with Crippen LogP contribution in [0.2, 0.25) is 0 Å². The summed E-state index contributed by atoms with van der Waals surface area (Å²) in [5.41, 5.74) is 0.756. The molecule has 2 N–H and O–H groups in total. The average molecular weight is 274 g/mol. The number of hydrogen-bond acceptors (Lipinski definition) is 4. The van der Waals surface area contributed by atoms with Crippen molar-refractivity contribution in [2.45, 2.75) is 0 Å². The summed E-state index contributed by atoms with van der Waals surface area (Å²) in [6.45, 7) is 0. The fraction of sp³-hybridized carbons (Fsp3) is 0.0769. The number of hydrogen-bond donors (Lipinski definition) is 2. The van der Waals surface area contributed by atoms with Crippen molar-refractivity contribution in [1.82, 2.24) is 9.78 Å². The molecule has 0 unspecified atom stereocenters. The fourth-order valence-corrected chi connectivity index (χ4v) is 3.21. The lowest BCUT2D eigenvalue weighted by molar-refractivity contribution is 0.0697. The van der Waals surface area contributed by atoms with E-state index >= 15 is 0 Å². The number of fused-ring (bicyclic) bond motifs is 1. The van der Waals surface area contributed by atoms with Crippen LogP contribution in [0.15, 0.2) is 30.5 Å². The van der Waals surface area contributed by atoms with E-state index < -0.39 is 5.97 Å². The quantitative estimate of drug-likeness (QED) is 0.753. The van der Waals surface area contributed by atoms with Crippen LogP contribution in [0.5, 0.6) is 5.75 Å². The Hall–Kier alpha value is -2.34. The molecular weight excluding hydrogens is 264 g/mol. The van der Waals surface area contributed by atoms with Crippen LogP contribution < -0.4 is 0 Å². The van der Waals surface area contributed by atoms with Gasteiger partial charge in [-0.2, -0.15) is 5.10 Å². The molecule has 0 aliphatic carbocycles. The average Bonchev–Trinajstić information content (AvgIpc) is 2.91. The zero-order chi connectivity index (χ0) is 13.6. The van der Waals surface area contributed by atoms with Gasteiger partial charge >= 0.3 is 5.97 Å². The van der Waals surface area contributed by atoms with Gasteiger partial charge in [0, 0.05) is 11.7 Å². The number of aromatic hydroxyl groups is 1. The van der Waals surface area contributed by atoms with Gasteiger partial charge < -0.3 is 10.2 Å². The largest absolute Gasteiger partial charge is 0.508 e. The first kappa shape index (κ1) is 11.7. The van der Waals surface area contributed by atoms with Crippen molar-refractivity contribution in [3.8, 4) is 16.3 Å². The highest BCUT2D eigenvalue weighted by Crippen LogP contribution is 2.36. The van der Waals surface area contributed by atoms with Crippen molar-refractivity contribution in [2.75, 3.05) is 0 Å². The van der Waals surface area contributed by atoms with E-state index in [4.69, 9.17) is 0 Å². The van der Waals surface area contributed by atoms with Crippen molar-refractivity contribution in [1.29, 1.82) is 0 Å². The third kappa shape index (κ3) is 1.86. The van der Waals surface area contributed by atoms with Crippen LogP contribution in [-0.4, -0.2) is 26.0 Å². The first-order valence-corrected chi connectivity index (χ1v) is 6.36. The van der Waals surface area contributed by atoms with Crippen molar-refractivity contribution >= 4 is 27.4 Å². The van der Waals surface area contributed by atoms with Crippen LogP contribution in [0.3, 0.4) is 0 Å². The highest BCUT2D eigenvalue weighted by atomic mass is 32.1. The summed E-state index contributed by atoms with van der Waals surface area (Å²) in [6, 6.07) is 6.99. The third-order valence-corrected chi connectivity index (χ3v) is 4.01. The van der Waals surface area contributed by atoms with Crippen molar-refractivity contribution in [2.24, 2.45) is 7.05 Å². The van der Waals surface area contributed by atoms with E-state index in [1.54, 1.807) is 23.9 Å². The number of aromatic carboxylic acids is 1. The van der Waals surface area contributed by atoms with Gasteiger partial charge in [-0.1, -0.05) is 0 Å². The zero-order valence-corrected chi connectivity index (χ0v) is 10.8. The molecule has 19 heavy (non-hydrogen) atoms. The molecule has 0 saturated heterocycles. The number of carbonyl (C=O) groups is 1. The minimum atomic E-state index is -0.997. The number of carboxylic acid groups (broad SMARTS) is 1. The Morgan fingerprint density at radius 1 is 1.37 bits per heavy atom. The van der Waals surface area contributed by atoms with Gasteiger partial charge in [0.05, 0.1) is 16.8 Å². The molecule has 96 valence electrons. The summed E-state index contributed by atoms with van der Waals surface area (Å²) in [5, 5.41) is 23.6. The number of aryl methyl sites for hydroxylation is 1. The molecule has 0 amide bonds. The topological polar surface area (TPSA) is 75.4 Å². The van der Waals surface area contributed by atoms with E-state index in [1.165, 1.54) is 17.5 Å². The van der Waals surface area contributed by atoms with Crippen LogP contribution in [0.25, 0.3) is 20.7 Å². The molecule has 0 aliphatic rings. The Morgan fingerprint density at radius 2 is 2.16 bits per heavy atom. The second-order valence-electron chi connectivity index (χ2n) is 4.17. The van der Waals surface area contributed by atoms with Crippen molar-refractivity contribution in [3.05, 3.63) is 36.0 Å². The van der Waals surface area contributed by atoms with E-state index in [9.17, 15) is 15.0 Å². The molecule has 0 bridgehead atoms. The monoisotopic (exact) mass is 274 g/mol. The van der Waals surface area contributed by atoms with Gasteiger partial charge in [0.2, 0.25) is 0 Å². The summed E-state index contributed by atoms with van der Waals surface area (Å²) in [7, 11) is 1.71. The molecule has 0 atom stereocenters. The van der Waals surface area contributed by atoms with E-state index in [2.05, 4.69) is 5.10 Å². The van der Waals surface area contributed by atoms with Crippen LogP contribution in [-0.2, 0) is 7.05 Å². The lowest BCUT2D eigenvalue weighted by atomic mass is 10.2. The maximum absolute atomic E-state index is 11.2. The van der Waals surface area contributed by atoms with Gasteiger partial charge in [0.25, 0.3) is 0 Å². The molecular formula is C13H10N2O3S. The molecule has 0 spiro atoms. The Kier molecular flexibility index (Phi) is 2.53. The van der Waals surface area contributed by atoms with Crippen LogP contribution in [0.1, 0.15) is 10.4 Å². The van der Waals surface area contributed by atoms with Gasteiger partial charge in [0.1, 0.15) is 11.3 Å².